The molecule has 3 rings (SSSR count). The van der Waals surface area contributed by atoms with Gasteiger partial charge in [0.2, 0.25) is 5.91 Å². The van der Waals surface area contributed by atoms with Gasteiger partial charge >= 0.3 is 0 Å². The van der Waals surface area contributed by atoms with Gasteiger partial charge in [-0.25, -0.2) is 0 Å². The van der Waals surface area contributed by atoms with Crippen molar-refractivity contribution in [2.75, 3.05) is 38.3 Å². The molecule has 1 aliphatic rings. The van der Waals surface area contributed by atoms with E-state index in [-0.39, 0.29) is 11.8 Å². The maximum absolute atomic E-state index is 12.2. The summed E-state index contributed by atoms with van der Waals surface area (Å²) < 4.78 is 10.8. The van der Waals surface area contributed by atoms with Crippen LogP contribution in [0, 0.1) is 5.92 Å². The van der Waals surface area contributed by atoms with Gasteiger partial charge in [0.25, 0.3) is 6.01 Å². The molecule has 6 nitrogen and oxygen atoms in total. The number of hydrogen-bond donors (Lipinski definition) is 1. The van der Waals surface area contributed by atoms with Crippen LogP contribution < -0.4 is 10.2 Å². The number of para-hydroxylation sites is 2. The minimum atomic E-state index is -0.0272. The number of aromatic nitrogens is 1. The van der Waals surface area contributed by atoms with Gasteiger partial charge in [-0.05, 0) is 25.0 Å². The summed E-state index contributed by atoms with van der Waals surface area (Å²) in [7, 11) is 1.63. The maximum atomic E-state index is 12.2. The molecular formula is C16H21N3O3. The molecule has 1 aliphatic heterocycles. The molecule has 118 valence electrons. The number of carbonyl (C=O) groups excluding carboxylic acids is 1. The SMILES string of the molecule is COCCNC(=O)C1CCCN(c2nc3ccccc3o2)C1. The van der Waals surface area contributed by atoms with Gasteiger partial charge in [-0.1, -0.05) is 12.1 Å². The molecule has 1 fully saturated rings. The molecule has 1 aromatic heterocycles. The lowest BCUT2D eigenvalue weighted by atomic mass is 9.97. The molecule has 0 bridgehead atoms. The fourth-order valence-corrected chi connectivity index (χ4v) is 2.78. The zero-order valence-electron chi connectivity index (χ0n) is 12.7. The minimum absolute atomic E-state index is 0.0272. The number of amides is 1. The Kier molecular flexibility index (Phi) is 4.58. The van der Waals surface area contributed by atoms with Crippen LogP contribution in [0.3, 0.4) is 0 Å². The summed E-state index contributed by atoms with van der Waals surface area (Å²) >= 11 is 0. The number of ether oxygens (including phenoxy) is 1. The number of fused-ring (bicyclic) bond motifs is 1. The van der Waals surface area contributed by atoms with Crippen LogP contribution in [0.4, 0.5) is 6.01 Å². The highest BCUT2D eigenvalue weighted by molar-refractivity contribution is 5.79. The zero-order chi connectivity index (χ0) is 15.4. The van der Waals surface area contributed by atoms with E-state index < -0.39 is 0 Å². The van der Waals surface area contributed by atoms with Crippen molar-refractivity contribution in [1.82, 2.24) is 10.3 Å². The van der Waals surface area contributed by atoms with Gasteiger partial charge in [0.15, 0.2) is 5.58 Å². The third-order valence-electron chi connectivity index (χ3n) is 3.95. The van der Waals surface area contributed by atoms with Crippen LogP contribution in [-0.2, 0) is 9.53 Å². The van der Waals surface area contributed by atoms with Gasteiger partial charge < -0.3 is 19.4 Å². The third kappa shape index (κ3) is 3.22. The van der Waals surface area contributed by atoms with E-state index >= 15 is 0 Å². The van der Waals surface area contributed by atoms with Crippen molar-refractivity contribution in [2.45, 2.75) is 12.8 Å². The lowest BCUT2D eigenvalue weighted by molar-refractivity contribution is -0.125. The average molecular weight is 303 g/mol. The minimum Gasteiger partial charge on any atom is -0.423 e. The average Bonchev–Trinajstić information content (AvgIpc) is 2.99. The Morgan fingerprint density at radius 3 is 3.18 bits per heavy atom. The van der Waals surface area contributed by atoms with Crippen molar-refractivity contribution in [1.29, 1.82) is 0 Å². The lowest BCUT2D eigenvalue weighted by Gasteiger charge is -2.30. The van der Waals surface area contributed by atoms with Crippen molar-refractivity contribution in [2.24, 2.45) is 5.92 Å². The van der Waals surface area contributed by atoms with Crippen molar-refractivity contribution in [3.05, 3.63) is 24.3 Å². The Morgan fingerprint density at radius 1 is 1.50 bits per heavy atom. The number of anilines is 1. The number of nitrogens with one attached hydrogen (secondary N) is 1. The van der Waals surface area contributed by atoms with E-state index in [1.807, 2.05) is 24.3 Å². The second kappa shape index (κ2) is 6.79. The number of carbonyl (C=O) groups is 1. The summed E-state index contributed by atoms with van der Waals surface area (Å²) in [5.41, 5.74) is 1.63. The highest BCUT2D eigenvalue weighted by Crippen LogP contribution is 2.26. The monoisotopic (exact) mass is 303 g/mol. The van der Waals surface area contributed by atoms with E-state index in [0.717, 1.165) is 30.5 Å². The molecule has 2 heterocycles. The Labute approximate surface area is 129 Å². The van der Waals surface area contributed by atoms with E-state index in [1.54, 1.807) is 7.11 Å². The van der Waals surface area contributed by atoms with Crippen molar-refractivity contribution in [3.63, 3.8) is 0 Å². The van der Waals surface area contributed by atoms with Crippen LogP contribution in [0.2, 0.25) is 0 Å². The number of nitrogens with zero attached hydrogens (tertiary/aromatic N) is 2. The molecule has 1 amide bonds. The van der Waals surface area contributed by atoms with Crippen LogP contribution in [-0.4, -0.2) is 44.2 Å². The van der Waals surface area contributed by atoms with E-state index in [2.05, 4.69) is 15.2 Å². The highest BCUT2D eigenvalue weighted by atomic mass is 16.5. The second-order valence-electron chi connectivity index (χ2n) is 5.53. The van der Waals surface area contributed by atoms with Crippen LogP contribution in [0.1, 0.15) is 12.8 Å². The van der Waals surface area contributed by atoms with Crippen LogP contribution in [0.5, 0.6) is 0 Å². The third-order valence-corrected chi connectivity index (χ3v) is 3.95. The first-order chi connectivity index (χ1) is 10.8. The molecule has 6 heteroatoms. The predicted molar refractivity (Wildman–Crippen MR) is 83.8 cm³/mol. The number of benzene rings is 1. The fraction of sp³-hybridized carbons (Fsp3) is 0.500. The molecule has 0 spiro atoms. The number of methoxy groups -OCH3 is 1. The van der Waals surface area contributed by atoms with Gasteiger partial charge in [0.05, 0.1) is 12.5 Å². The maximum Gasteiger partial charge on any atom is 0.298 e. The van der Waals surface area contributed by atoms with Crippen LogP contribution in [0.25, 0.3) is 11.1 Å². The Bertz CT molecular complexity index is 607. The molecule has 0 saturated carbocycles. The summed E-state index contributed by atoms with van der Waals surface area (Å²) in [5.74, 6) is 0.0541. The fourth-order valence-electron chi connectivity index (χ4n) is 2.78. The molecule has 22 heavy (non-hydrogen) atoms. The van der Waals surface area contributed by atoms with Crippen LogP contribution >= 0.6 is 0 Å². The largest absolute Gasteiger partial charge is 0.423 e. The van der Waals surface area contributed by atoms with Gasteiger partial charge in [-0.3, -0.25) is 4.79 Å². The Morgan fingerprint density at radius 2 is 2.36 bits per heavy atom. The quantitative estimate of drug-likeness (QED) is 0.853. The lowest BCUT2D eigenvalue weighted by Crippen LogP contribution is -2.43. The van der Waals surface area contributed by atoms with Crippen LogP contribution in [0.15, 0.2) is 28.7 Å². The standard InChI is InChI=1S/C16H21N3O3/c1-21-10-8-17-15(20)12-5-4-9-19(11-12)16-18-13-6-2-3-7-14(13)22-16/h2-3,6-7,12H,4-5,8-11H2,1H3,(H,17,20). The second-order valence-corrected chi connectivity index (χ2v) is 5.53. The van der Waals surface area contributed by atoms with E-state index in [4.69, 9.17) is 9.15 Å². The molecule has 1 unspecified atom stereocenters. The number of piperidine rings is 1. The van der Waals surface area contributed by atoms with Gasteiger partial charge in [0.1, 0.15) is 5.52 Å². The van der Waals surface area contributed by atoms with Crippen molar-refractivity contribution < 1.29 is 13.9 Å². The summed E-state index contributed by atoms with van der Waals surface area (Å²) in [4.78, 5) is 18.8. The number of hydrogen-bond acceptors (Lipinski definition) is 5. The normalized spacial score (nSPS) is 18.6. The summed E-state index contributed by atoms with van der Waals surface area (Å²) in [6, 6.07) is 8.32. The van der Waals surface area contributed by atoms with Gasteiger partial charge in [-0.2, -0.15) is 4.98 Å². The summed E-state index contributed by atoms with van der Waals surface area (Å²) in [5, 5.41) is 2.91. The summed E-state index contributed by atoms with van der Waals surface area (Å²) in [6.45, 7) is 2.60. The Balaban J connectivity index is 1.66. The van der Waals surface area contributed by atoms with Gasteiger partial charge in [-0.15, -0.1) is 0 Å². The smallest absolute Gasteiger partial charge is 0.298 e. The topological polar surface area (TPSA) is 67.6 Å². The first kappa shape index (κ1) is 14.8. The van der Waals surface area contributed by atoms with Crippen molar-refractivity contribution >= 4 is 23.0 Å². The number of rotatable bonds is 5. The molecule has 2 aromatic rings. The molecule has 1 atom stereocenters. The molecule has 1 N–H and O–H groups in total. The van der Waals surface area contributed by atoms with E-state index in [0.29, 0.717) is 25.7 Å². The van der Waals surface area contributed by atoms with E-state index in [9.17, 15) is 4.79 Å². The zero-order valence-corrected chi connectivity index (χ0v) is 12.7. The molecule has 1 saturated heterocycles. The summed E-state index contributed by atoms with van der Waals surface area (Å²) in [6.07, 6.45) is 1.86. The van der Waals surface area contributed by atoms with E-state index in [1.165, 1.54) is 0 Å². The van der Waals surface area contributed by atoms with Crippen molar-refractivity contribution in [3.8, 4) is 0 Å². The highest BCUT2D eigenvalue weighted by Gasteiger charge is 2.28. The van der Waals surface area contributed by atoms with Gasteiger partial charge in [0, 0.05) is 26.7 Å². The number of oxazole rings is 1. The molecular weight excluding hydrogens is 282 g/mol. The predicted octanol–water partition coefficient (Wildman–Crippen LogP) is 1.81. The molecule has 1 aromatic carbocycles. The first-order valence-corrected chi connectivity index (χ1v) is 7.65. The molecule has 0 aliphatic carbocycles. The first-order valence-electron chi connectivity index (χ1n) is 7.65. The Hall–Kier alpha value is -2.08. The molecule has 0 radical (unpaired) electrons.